The fourth-order valence-electron chi connectivity index (χ4n) is 3.34. The van der Waals surface area contributed by atoms with Gasteiger partial charge in [-0.05, 0) is 18.2 Å². The van der Waals surface area contributed by atoms with Gasteiger partial charge in [-0.1, -0.05) is 66.7 Å². The number of amides is 1. The highest BCUT2D eigenvalue weighted by molar-refractivity contribution is 7.89. The van der Waals surface area contributed by atoms with E-state index in [1.54, 1.807) is 78.9 Å². The Kier molecular flexibility index (Phi) is 4.97. The summed E-state index contributed by atoms with van der Waals surface area (Å²) < 4.78 is 27.1. The molecule has 3 aromatic rings. The van der Waals surface area contributed by atoms with Crippen LogP contribution in [-0.4, -0.2) is 31.5 Å². The summed E-state index contributed by atoms with van der Waals surface area (Å²) in [6.07, 6.45) is 0. The number of nitrogens with one attached hydrogen (secondary N) is 1. The van der Waals surface area contributed by atoms with Crippen LogP contribution in [0.4, 0.5) is 0 Å². The Hall–Kier alpha value is -3.71. The van der Waals surface area contributed by atoms with Gasteiger partial charge in [0.2, 0.25) is 5.78 Å². The Morgan fingerprint density at radius 2 is 1.30 bits per heavy atom. The van der Waals surface area contributed by atoms with Gasteiger partial charge in [0, 0.05) is 23.7 Å². The minimum atomic E-state index is -3.95. The molecule has 0 spiro atoms. The summed E-state index contributed by atoms with van der Waals surface area (Å²) >= 11 is 0. The molecule has 3 aromatic carbocycles. The largest absolute Gasteiger partial charge is 0.319 e. The van der Waals surface area contributed by atoms with Crippen LogP contribution in [-0.2, 0) is 10.0 Å². The average molecular weight is 418 g/mol. The van der Waals surface area contributed by atoms with Crippen LogP contribution in [0.1, 0.15) is 26.3 Å². The molecule has 30 heavy (non-hydrogen) atoms. The van der Waals surface area contributed by atoms with Crippen LogP contribution in [0.2, 0.25) is 0 Å². The van der Waals surface area contributed by atoms with Crippen molar-refractivity contribution in [2.75, 3.05) is 7.05 Å². The Balaban J connectivity index is 1.93. The molecule has 1 aliphatic heterocycles. The van der Waals surface area contributed by atoms with E-state index in [0.717, 1.165) is 4.31 Å². The first-order valence-corrected chi connectivity index (χ1v) is 10.6. The van der Waals surface area contributed by atoms with Crippen molar-refractivity contribution >= 4 is 27.4 Å². The molecule has 0 fully saturated rings. The molecule has 6 nitrogen and oxygen atoms in total. The topological polar surface area (TPSA) is 83.6 Å². The number of likely N-dealkylation sites (N-methyl/N-ethyl adjacent to an activating group) is 1. The van der Waals surface area contributed by atoms with Gasteiger partial charge in [0.1, 0.15) is 5.70 Å². The van der Waals surface area contributed by atoms with E-state index in [9.17, 15) is 18.0 Å². The second-order valence-corrected chi connectivity index (χ2v) is 8.65. The molecule has 0 aliphatic carbocycles. The van der Waals surface area contributed by atoms with Gasteiger partial charge in [-0.25, -0.2) is 8.42 Å². The highest BCUT2D eigenvalue weighted by atomic mass is 32.2. The molecule has 150 valence electrons. The maximum atomic E-state index is 13.3. The zero-order valence-corrected chi connectivity index (χ0v) is 16.9. The van der Waals surface area contributed by atoms with Crippen LogP contribution >= 0.6 is 0 Å². The molecule has 0 bridgehead atoms. The van der Waals surface area contributed by atoms with Crippen molar-refractivity contribution in [3.8, 4) is 0 Å². The highest BCUT2D eigenvalue weighted by Crippen LogP contribution is 2.36. The zero-order chi connectivity index (χ0) is 21.3. The maximum Gasteiger partial charge on any atom is 0.264 e. The number of rotatable bonds is 4. The molecular formula is C23H18N2O4S. The number of fused-ring (bicyclic) bond motifs is 1. The number of hydrogen-bond acceptors (Lipinski definition) is 4. The normalized spacial score (nSPS) is 14.8. The molecule has 1 amide bonds. The number of nitrogens with zero attached hydrogens (tertiary/aromatic N) is 1. The molecule has 0 aromatic heterocycles. The maximum absolute atomic E-state index is 13.3. The first-order chi connectivity index (χ1) is 14.4. The van der Waals surface area contributed by atoms with Gasteiger partial charge in [0.05, 0.1) is 10.6 Å². The van der Waals surface area contributed by atoms with E-state index in [-0.39, 0.29) is 21.9 Å². The van der Waals surface area contributed by atoms with Crippen molar-refractivity contribution in [1.82, 2.24) is 9.62 Å². The van der Waals surface area contributed by atoms with Gasteiger partial charge < -0.3 is 5.32 Å². The van der Waals surface area contributed by atoms with E-state index in [1.165, 1.54) is 13.1 Å². The predicted octanol–water partition coefficient (Wildman–Crippen LogP) is 3.30. The number of carbonyl (C=O) groups excluding carboxylic acids is 2. The number of hydrogen-bond donors (Lipinski definition) is 1. The molecule has 0 radical (unpaired) electrons. The molecule has 0 saturated carbocycles. The quantitative estimate of drug-likeness (QED) is 0.659. The van der Waals surface area contributed by atoms with Crippen molar-refractivity contribution in [2.45, 2.75) is 4.90 Å². The third-order valence-electron chi connectivity index (χ3n) is 4.87. The first kappa shape index (κ1) is 19.6. The molecule has 1 N–H and O–H groups in total. The number of carbonyl (C=O) groups is 2. The lowest BCUT2D eigenvalue weighted by Crippen LogP contribution is -2.39. The third-order valence-corrected chi connectivity index (χ3v) is 6.69. The van der Waals surface area contributed by atoms with Gasteiger partial charge in [-0.3, -0.25) is 13.9 Å². The van der Waals surface area contributed by atoms with Crippen molar-refractivity contribution < 1.29 is 18.0 Å². The second-order valence-electron chi connectivity index (χ2n) is 6.71. The van der Waals surface area contributed by atoms with Crippen LogP contribution in [0.15, 0.2) is 95.5 Å². The Bertz CT molecular complexity index is 1270. The minimum absolute atomic E-state index is 0.0282. The lowest BCUT2D eigenvalue weighted by Gasteiger charge is -2.31. The fraction of sp³-hybridized carbons (Fsp3) is 0.0435. The number of sulfonamides is 1. The monoisotopic (exact) mass is 418 g/mol. The summed E-state index contributed by atoms with van der Waals surface area (Å²) in [6.45, 7) is 0. The average Bonchev–Trinajstić information content (AvgIpc) is 2.78. The van der Waals surface area contributed by atoms with E-state index in [2.05, 4.69) is 5.32 Å². The summed E-state index contributed by atoms with van der Waals surface area (Å²) in [5.41, 5.74) is 1.04. The smallest absolute Gasteiger partial charge is 0.264 e. The van der Waals surface area contributed by atoms with Crippen LogP contribution < -0.4 is 5.32 Å². The SMILES string of the molecule is CN1C(C(=O)c2ccccc2)=C(NC(=O)c2ccccc2)c2ccccc2S1(=O)=O. The van der Waals surface area contributed by atoms with Crippen LogP contribution in [0.25, 0.3) is 5.70 Å². The van der Waals surface area contributed by atoms with E-state index < -0.39 is 21.7 Å². The Labute approximate surface area is 174 Å². The van der Waals surface area contributed by atoms with Gasteiger partial charge in [-0.15, -0.1) is 0 Å². The van der Waals surface area contributed by atoms with Crippen LogP contribution in [0.5, 0.6) is 0 Å². The molecular weight excluding hydrogens is 400 g/mol. The molecule has 0 unspecified atom stereocenters. The molecule has 1 aliphatic rings. The van der Waals surface area contributed by atoms with Crippen molar-refractivity contribution in [2.24, 2.45) is 0 Å². The minimum Gasteiger partial charge on any atom is -0.319 e. The van der Waals surface area contributed by atoms with E-state index >= 15 is 0 Å². The molecule has 1 heterocycles. The highest BCUT2D eigenvalue weighted by Gasteiger charge is 2.38. The van der Waals surface area contributed by atoms with E-state index in [1.807, 2.05) is 0 Å². The Morgan fingerprint density at radius 1 is 0.767 bits per heavy atom. The molecule has 7 heteroatoms. The van der Waals surface area contributed by atoms with E-state index in [4.69, 9.17) is 0 Å². The standard InChI is InChI=1S/C23H18N2O4S/c1-25-21(22(26)16-10-4-2-5-11-16)20(24-23(27)17-12-6-3-7-13-17)18-14-8-9-15-19(18)30(25,28)29/h2-15H,1H3,(H,24,27). The number of ketones is 1. The van der Waals surface area contributed by atoms with Gasteiger partial charge in [0.15, 0.2) is 0 Å². The lowest BCUT2D eigenvalue weighted by atomic mass is 10.0. The summed E-state index contributed by atoms with van der Waals surface area (Å²) in [5.74, 6) is -0.939. The summed E-state index contributed by atoms with van der Waals surface area (Å²) in [7, 11) is -2.64. The first-order valence-electron chi connectivity index (χ1n) is 9.20. The van der Waals surface area contributed by atoms with Crippen molar-refractivity contribution in [1.29, 1.82) is 0 Å². The summed E-state index contributed by atoms with van der Waals surface area (Å²) in [4.78, 5) is 26.2. The Morgan fingerprint density at radius 3 is 1.93 bits per heavy atom. The van der Waals surface area contributed by atoms with Gasteiger partial charge in [-0.2, -0.15) is 0 Å². The predicted molar refractivity (Wildman–Crippen MR) is 113 cm³/mol. The molecule has 0 atom stereocenters. The van der Waals surface area contributed by atoms with Crippen molar-refractivity contribution in [3.05, 3.63) is 107 Å². The molecule has 4 rings (SSSR count). The summed E-state index contributed by atoms with van der Waals surface area (Å²) in [6, 6.07) is 23.2. The molecule has 0 saturated heterocycles. The fourth-order valence-corrected chi connectivity index (χ4v) is 4.74. The number of Topliss-reactive ketones (excluding diaryl/α,β-unsaturated/α-hetero) is 1. The lowest BCUT2D eigenvalue weighted by molar-refractivity contribution is 0.0972. The third kappa shape index (κ3) is 3.29. The second kappa shape index (κ2) is 7.61. The van der Waals surface area contributed by atoms with Gasteiger partial charge in [0.25, 0.3) is 15.9 Å². The van der Waals surface area contributed by atoms with Crippen LogP contribution in [0, 0.1) is 0 Å². The summed E-state index contributed by atoms with van der Waals surface area (Å²) in [5, 5.41) is 2.77. The van der Waals surface area contributed by atoms with Gasteiger partial charge >= 0.3 is 0 Å². The van der Waals surface area contributed by atoms with E-state index in [0.29, 0.717) is 11.1 Å². The van der Waals surface area contributed by atoms with Crippen molar-refractivity contribution in [3.63, 3.8) is 0 Å². The van der Waals surface area contributed by atoms with Crippen LogP contribution in [0.3, 0.4) is 0 Å². The zero-order valence-electron chi connectivity index (χ0n) is 16.1. The number of benzene rings is 3. The number of allylic oxidation sites excluding steroid dienone is 1.